The van der Waals surface area contributed by atoms with Crippen molar-refractivity contribution in [2.75, 3.05) is 0 Å². The highest BCUT2D eigenvalue weighted by molar-refractivity contribution is 5.82. The zero-order valence-corrected chi connectivity index (χ0v) is 7.04. The van der Waals surface area contributed by atoms with Crippen molar-refractivity contribution in [3.63, 3.8) is 0 Å². The number of carbonyl (C=O) groups excluding carboxylic acids is 1. The van der Waals surface area contributed by atoms with Crippen LogP contribution in [-0.2, 0) is 9.59 Å². The number of hydrogen-bond acceptors (Lipinski definition) is 2. The van der Waals surface area contributed by atoms with Crippen molar-refractivity contribution < 1.29 is 14.7 Å². The molecule has 0 saturated heterocycles. The molecular formula is C8H13NO3. The topological polar surface area (TPSA) is 66.4 Å². The highest BCUT2D eigenvalue weighted by Gasteiger charge is 2.49. The molecule has 2 N–H and O–H groups in total. The second kappa shape index (κ2) is 3.13. The summed E-state index contributed by atoms with van der Waals surface area (Å²) in [6.07, 6.45) is 2.74. The second-order valence-corrected chi connectivity index (χ2v) is 3.17. The van der Waals surface area contributed by atoms with Gasteiger partial charge in [-0.05, 0) is 25.2 Å². The van der Waals surface area contributed by atoms with Crippen molar-refractivity contribution in [2.24, 2.45) is 5.92 Å². The van der Waals surface area contributed by atoms with Crippen LogP contribution in [0, 0.1) is 5.92 Å². The lowest BCUT2D eigenvalue weighted by molar-refractivity contribution is -0.147. The third-order valence-corrected chi connectivity index (χ3v) is 2.53. The Bertz CT molecular complexity index is 200. The molecule has 0 spiro atoms. The van der Waals surface area contributed by atoms with Gasteiger partial charge in [-0.3, -0.25) is 4.79 Å². The van der Waals surface area contributed by atoms with Crippen LogP contribution in [0.2, 0.25) is 0 Å². The first-order chi connectivity index (χ1) is 5.67. The summed E-state index contributed by atoms with van der Waals surface area (Å²) in [6, 6.07) is 0. The lowest BCUT2D eigenvalue weighted by Crippen LogP contribution is -2.53. The van der Waals surface area contributed by atoms with E-state index in [1.165, 1.54) is 0 Å². The van der Waals surface area contributed by atoms with E-state index in [2.05, 4.69) is 5.32 Å². The summed E-state index contributed by atoms with van der Waals surface area (Å²) in [5, 5.41) is 11.4. The van der Waals surface area contributed by atoms with Crippen molar-refractivity contribution in [3.8, 4) is 0 Å². The van der Waals surface area contributed by atoms with E-state index in [1.54, 1.807) is 6.92 Å². The van der Waals surface area contributed by atoms with Gasteiger partial charge in [-0.25, -0.2) is 4.79 Å². The molecule has 1 rings (SSSR count). The van der Waals surface area contributed by atoms with Gasteiger partial charge >= 0.3 is 5.97 Å². The molecule has 0 aromatic carbocycles. The molecule has 68 valence electrons. The third-order valence-electron chi connectivity index (χ3n) is 2.53. The molecule has 0 aromatic heterocycles. The van der Waals surface area contributed by atoms with E-state index in [1.807, 2.05) is 0 Å². The monoisotopic (exact) mass is 171 g/mol. The zero-order chi connectivity index (χ0) is 9.19. The van der Waals surface area contributed by atoms with E-state index in [-0.39, 0.29) is 5.92 Å². The summed E-state index contributed by atoms with van der Waals surface area (Å²) in [7, 11) is 0. The maximum Gasteiger partial charge on any atom is 0.329 e. The molecule has 1 fully saturated rings. The van der Waals surface area contributed by atoms with E-state index < -0.39 is 11.5 Å². The van der Waals surface area contributed by atoms with Crippen LogP contribution in [0.4, 0.5) is 0 Å². The number of amides is 1. The average Bonchev–Trinajstić information content (AvgIpc) is 2.82. The average molecular weight is 171 g/mol. The lowest BCUT2D eigenvalue weighted by Gasteiger charge is -2.27. The minimum atomic E-state index is -0.998. The van der Waals surface area contributed by atoms with Crippen molar-refractivity contribution >= 4 is 12.4 Å². The molecule has 0 heterocycles. The van der Waals surface area contributed by atoms with E-state index in [9.17, 15) is 9.59 Å². The first-order valence-corrected chi connectivity index (χ1v) is 4.12. The smallest absolute Gasteiger partial charge is 0.329 e. The first-order valence-electron chi connectivity index (χ1n) is 4.12. The van der Waals surface area contributed by atoms with Gasteiger partial charge in [0, 0.05) is 0 Å². The number of aliphatic carboxylic acids is 1. The summed E-state index contributed by atoms with van der Waals surface area (Å²) in [5.41, 5.74) is -0.998. The normalized spacial score (nSPS) is 21.1. The number of carboxylic acids is 1. The van der Waals surface area contributed by atoms with Crippen LogP contribution in [0.15, 0.2) is 0 Å². The molecule has 12 heavy (non-hydrogen) atoms. The molecule has 0 radical (unpaired) electrons. The van der Waals surface area contributed by atoms with Crippen molar-refractivity contribution in [1.82, 2.24) is 5.32 Å². The summed E-state index contributed by atoms with van der Waals surface area (Å²) in [4.78, 5) is 21.1. The fourth-order valence-corrected chi connectivity index (χ4v) is 1.58. The van der Waals surface area contributed by atoms with Gasteiger partial charge in [0.25, 0.3) is 0 Å². The molecule has 0 bridgehead atoms. The van der Waals surface area contributed by atoms with Crippen molar-refractivity contribution in [2.45, 2.75) is 31.7 Å². The predicted octanol–water partition coefficient (Wildman–Crippen LogP) is 0.376. The van der Waals surface area contributed by atoms with Crippen LogP contribution in [-0.4, -0.2) is 23.0 Å². The minimum Gasteiger partial charge on any atom is -0.479 e. The van der Waals surface area contributed by atoms with Crippen LogP contribution in [0.1, 0.15) is 26.2 Å². The van der Waals surface area contributed by atoms with Crippen molar-refractivity contribution in [1.29, 1.82) is 0 Å². The summed E-state index contributed by atoms with van der Waals surface area (Å²) >= 11 is 0. The maximum atomic E-state index is 10.9. The third kappa shape index (κ3) is 1.29. The quantitative estimate of drug-likeness (QED) is 0.587. The Morgan fingerprint density at radius 3 is 2.58 bits per heavy atom. The molecule has 4 nitrogen and oxygen atoms in total. The summed E-state index contributed by atoms with van der Waals surface area (Å²) in [5.74, 6) is -0.787. The standard InChI is InChI=1S/C8H13NO3/c1-2-8(7(11)12,9-5-10)6-3-4-6/h5-6H,2-4H2,1H3,(H,9,10)(H,11,12). The molecule has 1 aliphatic carbocycles. The predicted molar refractivity (Wildman–Crippen MR) is 42.6 cm³/mol. The Labute approximate surface area is 71.0 Å². The number of nitrogens with one attached hydrogen (secondary N) is 1. The minimum absolute atomic E-state index is 0.130. The summed E-state index contributed by atoms with van der Waals surface area (Å²) < 4.78 is 0. The largest absolute Gasteiger partial charge is 0.479 e. The Morgan fingerprint density at radius 1 is 1.75 bits per heavy atom. The molecule has 0 aliphatic heterocycles. The van der Waals surface area contributed by atoms with Gasteiger partial charge in [0.2, 0.25) is 6.41 Å². The second-order valence-electron chi connectivity index (χ2n) is 3.17. The van der Waals surface area contributed by atoms with Crippen LogP contribution in [0.25, 0.3) is 0 Å². The number of carboxylic acid groups (broad SMARTS) is 1. The van der Waals surface area contributed by atoms with Gasteiger partial charge in [-0.2, -0.15) is 0 Å². The molecule has 4 heteroatoms. The van der Waals surface area contributed by atoms with Gasteiger partial charge < -0.3 is 10.4 Å². The molecule has 1 saturated carbocycles. The fourth-order valence-electron chi connectivity index (χ4n) is 1.58. The van der Waals surface area contributed by atoms with Crippen LogP contribution < -0.4 is 5.32 Å². The first kappa shape index (κ1) is 9.03. The van der Waals surface area contributed by atoms with E-state index in [0.717, 1.165) is 12.8 Å². The molecule has 1 aliphatic rings. The van der Waals surface area contributed by atoms with Gasteiger partial charge in [0.1, 0.15) is 5.54 Å². The van der Waals surface area contributed by atoms with Crippen LogP contribution in [0.3, 0.4) is 0 Å². The lowest BCUT2D eigenvalue weighted by atomic mass is 9.90. The fraction of sp³-hybridized carbons (Fsp3) is 0.750. The van der Waals surface area contributed by atoms with Crippen LogP contribution >= 0.6 is 0 Å². The van der Waals surface area contributed by atoms with Crippen molar-refractivity contribution in [3.05, 3.63) is 0 Å². The Hall–Kier alpha value is -1.06. The van der Waals surface area contributed by atoms with Gasteiger partial charge in [0.05, 0.1) is 0 Å². The van der Waals surface area contributed by atoms with E-state index in [4.69, 9.17) is 5.11 Å². The Morgan fingerprint density at radius 2 is 2.33 bits per heavy atom. The molecular weight excluding hydrogens is 158 g/mol. The summed E-state index contributed by atoms with van der Waals surface area (Å²) in [6.45, 7) is 1.78. The highest BCUT2D eigenvalue weighted by atomic mass is 16.4. The molecule has 0 aromatic rings. The maximum absolute atomic E-state index is 10.9. The molecule has 1 atom stereocenters. The molecule has 1 amide bonds. The highest BCUT2D eigenvalue weighted by Crippen LogP contribution is 2.41. The Balaban J connectivity index is 2.78. The van der Waals surface area contributed by atoms with Gasteiger partial charge in [-0.1, -0.05) is 6.92 Å². The molecule has 1 unspecified atom stereocenters. The zero-order valence-electron chi connectivity index (χ0n) is 7.04. The van der Waals surface area contributed by atoms with Gasteiger partial charge in [0.15, 0.2) is 0 Å². The number of rotatable bonds is 5. The Kier molecular flexibility index (Phi) is 2.35. The SMILES string of the molecule is CCC(NC=O)(C(=O)O)C1CC1. The van der Waals surface area contributed by atoms with E-state index >= 15 is 0 Å². The van der Waals surface area contributed by atoms with Crippen LogP contribution in [0.5, 0.6) is 0 Å². The number of carbonyl (C=O) groups is 2. The number of hydrogen-bond donors (Lipinski definition) is 2. The van der Waals surface area contributed by atoms with Gasteiger partial charge in [-0.15, -0.1) is 0 Å². The van der Waals surface area contributed by atoms with E-state index in [0.29, 0.717) is 12.8 Å².